The molecule has 0 spiro atoms. The second-order valence-electron chi connectivity index (χ2n) is 4.51. The maximum atomic E-state index is 14.1. The summed E-state index contributed by atoms with van der Waals surface area (Å²) in [5, 5.41) is 0. The van der Waals surface area contributed by atoms with Crippen LogP contribution in [0.5, 0.6) is 0 Å². The lowest BCUT2D eigenvalue weighted by molar-refractivity contribution is 0.482. The zero-order chi connectivity index (χ0) is 14.5. The molecular formula is C13H13F3N2O. The highest BCUT2D eigenvalue weighted by Gasteiger charge is 2.24. The van der Waals surface area contributed by atoms with Crippen molar-refractivity contribution < 1.29 is 13.2 Å². The zero-order valence-corrected chi connectivity index (χ0v) is 11.0. The molecule has 0 N–H and O–H groups in total. The van der Waals surface area contributed by atoms with E-state index in [0.717, 1.165) is 6.92 Å². The van der Waals surface area contributed by atoms with Gasteiger partial charge in [-0.3, -0.25) is 14.2 Å². The molecule has 1 aromatic carbocycles. The molecule has 2 aromatic rings. The van der Waals surface area contributed by atoms with Crippen LogP contribution >= 0.6 is 0 Å². The predicted octanol–water partition coefficient (Wildman–Crippen LogP) is 2.42. The van der Waals surface area contributed by atoms with Crippen molar-refractivity contribution in [2.45, 2.75) is 13.8 Å². The summed E-state index contributed by atoms with van der Waals surface area (Å²) in [6.45, 7) is 2.40. The van der Waals surface area contributed by atoms with E-state index in [4.69, 9.17) is 0 Å². The Morgan fingerprint density at radius 2 is 1.47 bits per heavy atom. The molecule has 2 rings (SSSR count). The number of aromatic nitrogens is 2. The molecule has 0 atom stereocenters. The Morgan fingerprint density at radius 3 is 1.95 bits per heavy atom. The van der Waals surface area contributed by atoms with Gasteiger partial charge in [-0.1, -0.05) is 0 Å². The van der Waals surface area contributed by atoms with Crippen molar-refractivity contribution in [2.24, 2.45) is 14.1 Å². The van der Waals surface area contributed by atoms with Crippen molar-refractivity contribution in [2.75, 3.05) is 0 Å². The third-order valence-electron chi connectivity index (χ3n) is 3.36. The van der Waals surface area contributed by atoms with Gasteiger partial charge >= 0.3 is 0 Å². The van der Waals surface area contributed by atoms with Gasteiger partial charge in [-0.15, -0.1) is 0 Å². The molecule has 3 nitrogen and oxygen atoms in total. The largest absolute Gasteiger partial charge is 0.293 e. The van der Waals surface area contributed by atoms with Gasteiger partial charge in [0.15, 0.2) is 11.6 Å². The van der Waals surface area contributed by atoms with Crippen LogP contribution in [0.25, 0.3) is 11.1 Å². The van der Waals surface area contributed by atoms with Gasteiger partial charge in [0.1, 0.15) is 5.82 Å². The van der Waals surface area contributed by atoms with Gasteiger partial charge in [0.2, 0.25) is 0 Å². The minimum absolute atomic E-state index is 0.0157. The Hall–Kier alpha value is -1.98. The molecule has 0 aliphatic heterocycles. The summed E-state index contributed by atoms with van der Waals surface area (Å²) >= 11 is 0. The SMILES string of the molecule is Cc1c(F)c(F)c(C)c(-c2cn(C)n(C)c2=O)c1F. The molecule has 1 aromatic heterocycles. The van der Waals surface area contributed by atoms with Gasteiger partial charge in [0, 0.05) is 31.4 Å². The van der Waals surface area contributed by atoms with Crippen LogP contribution in [-0.2, 0) is 14.1 Å². The first-order valence-corrected chi connectivity index (χ1v) is 5.64. The third-order valence-corrected chi connectivity index (χ3v) is 3.36. The van der Waals surface area contributed by atoms with Crippen molar-refractivity contribution in [3.63, 3.8) is 0 Å². The lowest BCUT2D eigenvalue weighted by Gasteiger charge is -2.10. The van der Waals surface area contributed by atoms with E-state index in [0.29, 0.717) is 0 Å². The molecule has 0 saturated carbocycles. The summed E-state index contributed by atoms with van der Waals surface area (Å²) in [4.78, 5) is 12.0. The first kappa shape index (κ1) is 13.5. The molecule has 0 unspecified atom stereocenters. The van der Waals surface area contributed by atoms with Crippen LogP contribution in [0, 0.1) is 31.3 Å². The number of aryl methyl sites for hydroxylation is 1. The summed E-state index contributed by atoms with van der Waals surface area (Å²) in [5.41, 5.74) is -1.26. The minimum atomic E-state index is -1.22. The van der Waals surface area contributed by atoms with Gasteiger partial charge in [-0.05, 0) is 19.4 Å². The Kier molecular flexibility index (Phi) is 3.04. The topological polar surface area (TPSA) is 26.9 Å². The molecule has 0 bridgehead atoms. The van der Waals surface area contributed by atoms with Gasteiger partial charge < -0.3 is 0 Å². The van der Waals surface area contributed by atoms with Crippen molar-refractivity contribution in [1.82, 2.24) is 9.36 Å². The van der Waals surface area contributed by atoms with E-state index in [1.807, 2.05) is 0 Å². The maximum Gasteiger partial charge on any atom is 0.274 e. The van der Waals surface area contributed by atoms with Crippen molar-refractivity contribution in [3.05, 3.63) is 45.1 Å². The molecule has 6 heteroatoms. The fourth-order valence-corrected chi connectivity index (χ4v) is 2.03. The predicted molar refractivity (Wildman–Crippen MR) is 65.4 cm³/mol. The molecule has 0 amide bonds. The highest BCUT2D eigenvalue weighted by Crippen LogP contribution is 2.30. The van der Waals surface area contributed by atoms with Gasteiger partial charge in [0.25, 0.3) is 5.56 Å². The lowest BCUT2D eigenvalue weighted by Crippen LogP contribution is -2.18. The van der Waals surface area contributed by atoms with E-state index in [1.165, 1.54) is 29.5 Å². The second-order valence-corrected chi connectivity index (χ2v) is 4.51. The molecule has 0 aliphatic carbocycles. The molecule has 19 heavy (non-hydrogen) atoms. The number of halogens is 3. The van der Waals surface area contributed by atoms with Gasteiger partial charge in [-0.2, -0.15) is 0 Å². The highest BCUT2D eigenvalue weighted by atomic mass is 19.2. The summed E-state index contributed by atoms with van der Waals surface area (Å²) in [7, 11) is 3.11. The van der Waals surface area contributed by atoms with Crippen LogP contribution in [-0.4, -0.2) is 9.36 Å². The Bertz CT molecular complexity index is 699. The van der Waals surface area contributed by atoms with Crippen LogP contribution in [0.2, 0.25) is 0 Å². The minimum Gasteiger partial charge on any atom is -0.293 e. The molecule has 0 fully saturated rings. The molecule has 0 radical (unpaired) electrons. The number of nitrogens with zero attached hydrogens (tertiary/aromatic N) is 2. The highest BCUT2D eigenvalue weighted by molar-refractivity contribution is 5.68. The van der Waals surface area contributed by atoms with E-state index >= 15 is 0 Å². The van der Waals surface area contributed by atoms with Crippen molar-refractivity contribution >= 4 is 0 Å². The van der Waals surface area contributed by atoms with Gasteiger partial charge in [0.05, 0.1) is 5.56 Å². The van der Waals surface area contributed by atoms with Crippen LogP contribution in [0.4, 0.5) is 13.2 Å². The Balaban J connectivity index is 2.91. The summed E-state index contributed by atoms with van der Waals surface area (Å²) in [5.74, 6) is -3.24. The summed E-state index contributed by atoms with van der Waals surface area (Å²) < 4.78 is 44.0. The van der Waals surface area contributed by atoms with Crippen LogP contribution in [0.15, 0.2) is 11.0 Å². The Morgan fingerprint density at radius 1 is 0.947 bits per heavy atom. The molecule has 1 heterocycles. The second kappa shape index (κ2) is 4.29. The van der Waals surface area contributed by atoms with Gasteiger partial charge in [-0.25, -0.2) is 13.2 Å². The average Bonchev–Trinajstić information content (AvgIpc) is 2.62. The average molecular weight is 270 g/mol. The standard InChI is InChI=1S/C13H13F3N2O/c1-6-9(8-5-17(3)18(4)13(8)19)10(14)7(2)12(16)11(6)15/h5H,1-4H3. The number of rotatable bonds is 1. The van der Waals surface area contributed by atoms with E-state index in [2.05, 4.69) is 0 Å². The van der Waals surface area contributed by atoms with Crippen LogP contribution < -0.4 is 5.56 Å². The number of benzene rings is 1. The molecular weight excluding hydrogens is 257 g/mol. The molecule has 0 aliphatic rings. The maximum absolute atomic E-state index is 14.1. The van der Waals surface area contributed by atoms with Crippen molar-refractivity contribution in [1.29, 1.82) is 0 Å². The van der Waals surface area contributed by atoms with E-state index < -0.39 is 28.6 Å². The quantitative estimate of drug-likeness (QED) is 0.731. The number of hydrogen-bond donors (Lipinski definition) is 0. The summed E-state index contributed by atoms with van der Waals surface area (Å²) in [6.07, 6.45) is 1.39. The molecule has 102 valence electrons. The first-order valence-electron chi connectivity index (χ1n) is 5.64. The normalized spacial score (nSPS) is 11.1. The number of hydrogen-bond acceptors (Lipinski definition) is 1. The Labute approximate surface area is 107 Å². The first-order chi connectivity index (χ1) is 8.77. The third kappa shape index (κ3) is 1.78. The fraction of sp³-hybridized carbons (Fsp3) is 0.308. The van der Waals surface area contributed by atoms with Crippen LogP contribution in [0.1, 0.15) is 11.1 Å². The summed E-state index contributed by atoms with van der Waals surface area (Å²) in [6, 6.07) is 0. The van der Waals surface area contributed by atoms with E-state index in [-0.39, 0.29) is 16.7 Å². The smallest absolute Gasteiger partial charge is 0.274 e. The van der Waals surface area contributed by atoms with E-state index in [1.54, 1.807) is 7.05 Å². The van der Waals surface area contributed by atoms with Crippen molar-refractivity contribution in [3.8, 4) is 11.1 Å². The fourth-order valence-electron chi connectivity index (χ4n) is 2.03. The monoisotopic (exact) mass is 270 g/mol. The molecule has 0 saturated heterocycles. The lowest BCUT2D eigenvalue weighted by atomic mass is 9.98. The van der Waals surface area contributed by atoms with E-state index in [9.17, 15) is 18.0 Å². The zero-order valence-electron chi connectivity index (χ0n) is 11.0. The van der Waals surface area contributed by atoms with Crippen LogP contribution in [0.3, 0.4) is 0 Å².